The number of nitrogens with two attached hydrogens (primary N) is 1. The average molecular weight is 267 g/mol. The highest BCUT2D eigenvalue weighted by Gasteiger charge is 2.30. The molecule has 2 aliphatic rings. The molecule has 0 amide bonds. The molecule has 0 bridgehead atoms. The summed E-state index contributed by atoms with van der Waals surface area (Å²) in [6, 6.07) is 1.46. The van der Waals surface area contributed by atoms with E-state index in [1.54, 1.807) is 0 Å². The molecule has 0 aromatic heterocycles. The van der Waals surface area contributed by atoms with E-state index in [4.69, 9.17) is 5.73 Å². The van der Waals surface area contributed by atoms with E-state index in [1.807, 2.05) is 0 Å². The van der Waals surface area contributed by atoms with Gasteiger partial charge in [0, 0.05) is 44.8 Å². The molecule has 112 valence electrons. The van der Waals surface area contributed by atoms with E-state index in [9.17, 15) is 0 Å². The number of rotatable bonds is 4. The Bertz CT molecular complexity index is 258. The van der Waals surface area contributed by atoms with Crippen molar-refractivity contribution in [3.63, 3.8) is 0 Å². The SMILES string of the molecule is CC(C)(C)CC(CN)N1CCN(C2CCCC2)CC1. The second-order valence-electron chi connectivity index (χ2n) is 7.66. The van der Waals surface area contributed by atoms with Gasteiger partial charge in [0.15, 0.2) is 0 Å². The first kappa shape index (κ1) is 15.3. The Balaban J connectivity index is 1.80. The fourth-order valence-electron chi connectivity index (χ4n) is 3.81. The number of hydrogen-bond acceptors (Lipinski definition) is 3. The molecule has 0 radical (unpaired) electrons. The van der Waals surface area contributed by atoms with Gasteiger partial charge in [0.05, 0.1) is 0 Å². The van der Waals surface area contributed by atoms with Gasteiger partial charge in [-0.05, 0) is 24.7 Å². The van der Waals surface area contributed by atoms with E-state index in [-0.39, 0.29) is 0 Å². The predicted octanol–water partition coefficient (Wildman–Crippen LogP) is 2.31. The fraction of sp³-hybridized carbons (Fsp3) is 1.00. The lowest BCUT2D eigenvalue weighted by Gasteiger charge is -2.42. The van der Waals surface area contributed by atoms with Crippen molar-refractivity contribution in [3.8, 4) is 0 Å². The quantitative estimate of drug-likeness (QED) is 0.848. The summed E-state index contributed by atoms with van der Waals surface area (Å²) in [5.41, 5.74) is 6.39. The zero-order valence-corrected chi connectivity index (χ0v) is 13.2. The topological polar surface area (TPSA) is 32.5 Å². The van der Waals surface area contributed by atoms with Gasteiger partial charge in [-0.1, -0.05) is 33.6 Å². The summed E-state index contributed by atoms with van der Waals surface area (Å²) in [7, 11) is 0. The number of nitrogens with zero attached hydrogens (tertiary/aromatic N) is 2. The van der Waals surface area contributed by atoms with Crippen LogP contribution < -0.4 is 5.73 Å². The van der Waals surface area contributed by atoms with Crippen molar-refractivity contribution in [2.45, 2.75) is 65.0 Å². The smallest absolute Gasteiger partial charge is 0.0224 e. The first-order valence-electron chi connectivity index (χ1n) is 8.18. The van der Waals surface area contributed by atoms with Crippen LogP contribution in [0.2, 0.25) is 0 Å². The molecule has 2 rings (SSSR count). The third-order valence-electron chi connectivity index (χ3n) is 4.83. The van der Waals surface area contributed by atoms with Gasteiger partial charge < -0.3 is 5.73 Å². The second-order valence-corrected chi connectivity index (χ2v) is 7.66. The normalized spacial score (nSPS) is 25.9. The molecule has 1 aliphatic heterocycles. The van der Waals surface area contributed by atoms with E-state index < -0.39 is 0 Å². The highest BCUT2D eigenvalue weighted by Crippen LogP contribution is 2.27. The van der Waals surface area contributed by atoms with E-state index in [1.165, 1.54) is 58.3 Å². The van der Waals surface area contributed by atoms with Crippen molar-refractivity contribution >= 4 is 0 Å². The predicted molar refractivity (Wildman–Crippen MR) is 82.3 cm³/mol. The minimum Gasteiger partial charge on any atom is -0.329 e. The van der Waals surface area contributed by atoms with Crippen molar-refractivity contribution in [1.29, 1.82) is 0 Å². The zero-order chi connectivity index (χ0) is 13.9. The van der Waals surface area contributed by atoms with E-state index in [0.29, 0.717) is 11.5 Å². The first-order chi connectivity index (χ1) is 8.99. The summed E-state index contributed by atoms with van der Waals surface area (Å²) in [6.45, 7) is 12.7. The number of hydrogen-bond donors (Lipinski definition) is 1. The van der Waals surface area contributed by atoms with Gasteiger partial charge in [-0.25, -0.2) is 0 Å². The van der Waals surface area contributed by atoms with Crippen molar-refractivity contribution in [1.82, 2.24) is 9.80 Å². The molecule has 1 aliphatic carbocycles. The Labute approximate surface area is 119 Å². The molecule has 1 saturated heterocycles. The fourth-order valence-corrected chi connectivity index (χ4v) is 3.81. The highest BCUT2D eigenvalue weighted by atomic mass is 15.3. The van der Waals surface area contributed by atoms with Crippen LogP contribution in [0.5, 0.6) is 0 Å². The van der Waals surface area contributed by atoms with Gasteiger partial charge in [-0.15, -0.1) is 0 Å². The molecule has 2 fully saturated rings. The van der Waals surface area contributed by atoms with Gasteiger partial charge in [0.2, 0.25) is 0 Å². The third kappa shape index (κ3) is 4.44. The van der Waals surface area contributed by atoms with Crippen LogP contribution >= 0.6 is 0 Å². The van der Waals surface area contributed by atoms with Crippen LogP contribution in [0.1, 0.15) is 52.9 Å². The summed E-state index contributed by atoms with van der Waals surface area (Å²) in [5.74, 6) is 0. The molecule has 1 atom stereocenters. The molecular formula is C16H33N3. The van der Waals surface area contributed by atoms with Crippen LogP contribution in [0.4, 0.5) is 0 Å². The molecule has 3 nitrogen and oxygen atoms in total. The number of piperazine rings is 1. The van der Waals surface area contributed by atoms with Crippen LogP contribution in [0.3, 0.4) is 0 Å². The molecule has 2 N–H and O–H groups in total. The van der Waals surface area contributed by atoms with Crippen molar-refractivity contribution in [2.24, 2.45) is 11.1 Å². The maximum absolute atomic E-state index is 6.01. The summed E-state index contributed by atoms with van der Waals surface area (Å²) in [4.78, 5) is 5.37. The largest absolute Gasteiger partial charge is 0.329 e. The Kier molecular flexibility index (Phi) is 5.27. The summed E-state index contributed by atoms with van der Waals surface area (Å²) in [6.07, 6.45) is 6.97. The van der Waals surface area contributed by atoms with Crippen LogP contribution in [0.25, 0.3) is 0 Å². The van der Waals surface area contributed by atoms with Crippen LogP contribution in [0, 0.1) is 5.41 Å². The molecule has 19 heavy (non-hydrogen) atoms. The molecule has 0 spiro atoms. The Morgan fingerprint density at radius 3 is 2.11 bits per heavy atom. The van der Waals surface area contributed by atoms with Crippen LogP contribution in [0.15, 0.2) is 0 Å². The van der Waals surface area contributed by atoms with E-state index in [0.717, 1.165) is 12.6 Å². The van der Waals surface area contributed by atoms with E-state index >= 15 is 0 Å². The molecule has 3 heteroatoms. The highest BCUT2D eigenvalue weighted by molar-refractivity contribution is 4.86. The minimum atomic E-state index is 0.382. The molecule has 1 unspecified atom stereocenters. The standard InChI is InChI=1S/C16H33N3/c1-16(2,3)12-15(13-17)19-10-8-18(9-11-19)14-6-4-5-7-14/h14-15H,4-13,17H2,1-3H3. The summed E-state index contributed by atoms with van der Waals surface area (Å²) >= 11 is 0. The van der Waals surface area contributed by atoms with E-state index in [2.05, 4.69) is 30.6 Å². The first-order valence-corrected chi connectivity index (χ1v) is 8.18. The lowest BCUT2D eigenvalue weighted by atomic mass is 9.87. The van der Waals surface area contributed by atoms with Crippen molar-refractivity contribution in [2.75, 3.05) is 32.7 Å². The molecule has 1 saturated carbocycles. The Morgan fingerprint density at radius 1 is 1.05 bits per heavy atom. The Hall–Kier alpha value is -0.120. The minimum absolute atomic E-state index is 0.382. The summed E-state index contributed by atoms with van der Waals surface area (Å²) in [5, 5.41) is 0. The summed E-state index contributed by atoms with van der Waals surface area (Å²) < 4.78 is 0. The maximum Gasteiger partial charge on any atom is 0.0224 e. The average Bonchev–Trinajstić information content (AvgIpc) is 2.89. The van der Waals surface area contributed by atoms with Crippen LogP contribution in [-0.2, 0) is 0 Å². The third-order valence-corrected chi connectivity index (χ3v) is 4.83. The molecule has 0 aromatic rings. The van der Waals surface area contributed by atoms with Gasteiger partial charge >= 0.3 is 0 Å². The molecular weight excluding hydrogens is 234 g/mol. The molecule has 0 aromatic carbocycles. The van der Waals surface area contributed by atoms with Gasteiger partial charge in [0.25, 0.3) is 0 Å². The van der Waals surface area contributed by atoms with Gasteiger partial charge in [0.1, 0.15) is 0 Å². The zero-order valence-electron chi connectivity index (χ0n) is 13.2. The lowest BCUT2D eigenvalue weighted by Crippen LogP contribution is -2.54. The monoisotopic (exact) mass is 267 g/mol. The maximum atomic E-state index is 6.01. The van der Waals surface area contributed by atoms with Crippen LogP contribution in [-0.4, -0.2) is 54.6 Å². The Morgan fingerprint density at radius 2 is 1.63 bits per heavy atom. The van der Waals surface area contributed by atoms with Crippen molar-refractivity contribution < 1.29 is 0 Å². The van der Waals surface area contributed by atoms with Crippen molar-refractivity contribution in [3.05, 3.63) is 0 Å². The second kappa shape index (κ2) is 6.55. The molecule has 1 heterocycles. The van der Waals surface area contributed by atoms with Gasteiger partial charge in [-0.2, -0.15) is 0 Å². The van der Waals surface area contributed by atoms with Gasteiger partial charge in [-0.3, -0.25) is 9.80 Å². The lowest BCUT2D eigenvalue weighted by molar-refractivity contribution is 0.0589.